The number of rotatable bonds is 1. The fraction of sp³-hybridized carbons (Fsp3) is 0.857. The molecule has 0 bridgehead atoms. The molecule has 0 aromatic rings. The normalized spacial score (nSPS) is 25.6. The van der Waals surface area contributed by atoms with Gasteiger partial charge in [-0.05, 0) is 13.3 Å². The van der Waals surface area contributed by atoms with Crippen LogP contribution in [0.25, 0.3) is 0 Å². The summed E-state index contributed by atoms with van der Waals surface area (Å²) in [7, 11) is 0. The van der Waals surface area contributed by atoms with Gasteiger partial charge in [-0.1, -0.05) is 0 Å². The van der Waals surface area contributed by atoms with Gasteiger partial charge in [0.15, 0.2) is 18.8 Å². The number of nitrogens with one attached hydrogen (secondary N) is 1. The summed E-state index contributed by atoms with van der Waals surface area (Å²) in [6.45, 7) is 8.61. The molecule has 1 saturated carbocycles. The van der Waals surface area contributed by atoms with Gasteiger partial charge in [-0.2, -0.15) is 0 Å². The Bertz CT molecular complexity index is 391. The highest BCUT2D eigenvalue weighted by Gasteiger charge is 2.51. The Balaban J connectivity index is 1.57. The van der Waals surface area contributed by atoms with Crippen molar-refractivity contribution in [2.45, 2.75) is 26.2 Å². The van der Waals surface area contributed by atoms with Crippen molar-refractivity contribution in [2.24, 2.45) is 5.41 Å². The molecule has 0 aromatic heterocycles. The zero-order chi connectivity index (χ0) is 13.3. The zero-order valence-corrected chi connectivity index (χ0v) is 11.8. The molecular formula is C14H24N3O2+. The van der Waals surface area contributed by atoms with Gasteiger partial charge < -0.3 is 15.0 Å². The number of carbonyl (C=O) groups is 1. The Morgan fingerprint density at radius 1 is 1.42 bits per heavy atom. The van der Waals surface area contributed by atoms with Crippen LogP contribution in [0.4, 0.5) is 4.79 Å². The SMILES string of the molecule is CCOC(=O)N1CC2(CCC(=[N+]3CCNCC3)C2)C1. The highest BCUT2D eigenvalue weighted by molar-refractivity contribution is 5.83. The maximum Gasteiger partial charge on any atom is 0.409 e. The maximum atomic E-state index is 11.6. The zero-order valence-electron chi connectivity index (χ0n) is 11.8. The van der Waals surface area contributed by atoms with Crippen LogP contribution < -0.4 is 5.32 Å². The molecule has 1 amide bonds. The van der Waals surface area contributed by atoms with E-state index >= 15 is 0 Å². The molecule has 0 aromatic carbocycles. The van der Waals surface area contributed by atoms with Crippen molar-refractivity contribution in [1.82, 2.24) is 10.2 Å². The van der Waals surface area contributed by atoms with E-state index in [4.69, 9.17) is 4.74 Å². The van der Waals surface area contributed by atoms with Crippen molar-refractivity contribution in [1.29, 1.82) is 0 Å². The predicted molar refractivity (Wildman–Crippen MR) is 72.8 cm³/mol. The van der Waals surface area contributed by atoms with Gasteiger partial charge in [-0.25, -0.2) is 9.37 Å². The molecule has 5 nitrogen and oxygen atoms in total. The number of hydrogen-bond donors (Lipinski definition) is 1. The predicted octanol–water partition coefficient (Wildman–Crippen LogP) is 0.685. The fourth-order valence-electron chi connectivity index (χ4n) is 3.65. The van der Waals surface area contributed by atoms with Crippen LogP contribution in [0.1, 0.15) is 26.2 Å². The number of nitrogens with zero attached hydrogens (tertiary/aromatic N) is 2. The van der Waals surface area contributed by atoms with Crippen LogP contribution in [0.2, 0.25) is 0 Å². The Morgan fingerprint density at radius 3 is 2.84 bits per heavy atom. The van der Waals surface area contributed by atoms with E-state index in [-0.39, 0.29) is 6.09 Å². The van der Waals surface area contributed by atoms with E-state index in [1.54, 1.807) is 5.71 Å². The molecule has 5 heteroatoms. The van der Waals surface area contributed by atoms with Gasteiger partial charge >= 0.3 is 6.09 Å². The third kappa shape index (κ3) is 2.48. The van der Waals surface area contributed by atoms with E-state index in [0.717, 1.165) is 39.3 Å². The number of likely N-dealkylation sites (tertiary alicyclic amines) is 1. The second-order valence-corrected chi connectivity index (χ2v) is 6.04. The average molecular weight is 266 g/mol. The molecular weight excluding hydrogens is 242 g/mol. The summed E-state index contributed by atoms with van der Waals surface area (Å²) in [6, 6.07) is 0. The summed E-state index contributed by atoms with van der Waals surface area (Å²) in [5.74, 6) is 0. The average Bonchev–Trinajstić information content (AvgIpc) is 2.83. The van der Waals surface area contributed by atoms with Crippen LogP contribution in [-0.4, -0.2) is 67.2 Å². The summed E-state index contributed by atoms with van der Waals surface area (Å²) in [5, 5.41) is 3.40. The summed E-state index contributed by atoms with van der Waals surface area (Å²) in [4.78, 5) is 13.5. The van der Waals surface area contributed by atoms with E-state index in [1.807, 2.05) is 11.8 Å². The molecule has 0 unspecified atom stereocenters. The van der Waals surface area contributed by atoms with Crippen molar-refractivity contribution >= 4 is 11.8 Å². The van der Waals surface area contributed by atoms with Crippen LogP contribution in [0.3, 0.4) is 0 Å². The van der Waals surface area contributed by atoms with Crippen LogP contribution in [0, 0.1) is 5.41 Å². The summed E-state index contributed by atoms with van der Waals surface area (Å²) in [6.07, 6.45) is 3.51. The van der Waals surface area contributed by atoms with Crippen molar-refractivity contribution in [3.63, 3.8) is 0 Å². The molecule has 2 saturated heterocycles. The van der Waals surface area contributed by atoms with Crippen LogP contribution in [0.5, 0.6) is 0 Å². The first kappa shape index (κ1) is 12.9. The summed E-state index contributed by atoms with van der Waals surface area (Å²) < 4.78 is 7.61. The molecule has 1 aliphatic carbocycles. The topological polar surface area (TPSA) is 44.6 Å². The third-order valence-electron chi connectivity index (χ3n) is 4.67. The smallest absolute Gasteiger partial charge is 0.409 e. The van der Waals surface area contributed by atoms with Crippen LogP contribution in [-0.2, 0) is 4.74 Å². The number of piperazine rings is 1. The lowest BCUT2D eigenvalue weighted by molar-refractivity contribution is -0.534. The standard InChI is InChI=1S/C14H24N3O2/c1-2-19-13(18)17-10-14(11-17)4-3-12(9-14)16-7-5-15-6-8-16/h15H,2-11H2,1H3/q+1. The molecule has 3 aliphatic rings. The summed E-state index contributed by atoms with van der Waals surface area (Å²) in [5.41, 5.74) is 1.98. The van der Waals surface area contributed by atoms with Crippen molar-refractivity contribution in [3.8, 4) is 0 Å². The van der Waals surface area contributed by atoms with E-state index in [0.29, 0.717) is 12.0 Å². The monoisotopic (exact) mass is 266 g/mol. The van der Waals surface area contributed by atoms with Crippen molar-refractivity contribution in [3.05, 3.63) is 0 Å². The summed E-state index contributed by atoms with van der Waals surface area (Å²) >= 11 is 0. The van der Waals surface area contributed by atoms with Crippen LogP contribution >= 0.6 is 0 Å². The van der Waals surface area contributed by atoms with Crippen molar-refractivity contribution < 1.29 is 14.1 Å². The highest BCUT2D eigenvalue weighted by atomic mass is 16.6. The molecule has 0 atom stereocenters. The number of hydrogen-bond acceptors (Lipinski definition) is 3. The van der Waals surface area contributed by atoms with Crippen LogP contribution in [0.15, 0.2) is 0 Å². The minimum Gasteiger partial charge on any atom is -0.450 e. The Morgan fingerprint density at radius 2 is 2.16 bits per heavy atom. The Kier molecular flexibility index (Phi) is 3.48. The van der Waals surface area contributed by atoms with E-state index < -0.39 is 0 Å². The van der Waals surface area contributed by atoms with Gasteiger partial charge in [0.25, 0.3) is 0 Å². The van der Waals surface area contributed by atoms with Gasteiger partial charge in [0, 0.05) is 31.3 Å². The molecule has 2 aliphatic heterocycles. The second kappa shape index (κ2) is 5.12. The first-order chi connectivity index (χ1) is 9.22. The molecule has 19 heavy (non-hydrogen) atoms. The largest absolute Gasteiger partial charge is 0.450 e. The van der Waals surface area contributed by atoms with E-state index in [9.17, 15) is 4.79 Å². The van der Waals surface area contributed by atoms with Gasteiger partial charge in [-0.15, -0.1) is 0 Å². The highest BCUT2D eigenvalue weighted by Crippen LogP contribution is 2.44. The Labute approximate surface area is 114 Å². The first-order valence-corrected chi connectivity index (χ1v) is 7.44. The molecule has 2 heterocycles. The van der Waals surface area contributed by atoms with E-state index in [1.165, 1.54) is 19.3 Å². The fourth-order valence-corrected chi connectivity index (χ4v) is 3.65. The molecule has 3 rings (SSSR count). The minimum atomic E-state index is -0.135. The Hall–Kier alpha value is -1.10. The quantitative estimate of drug-likeness (QED) is 0.710. The lowest BCUT2D eigenvalue weighted by Crippen LogP contribution is -2.57. The number of amides is 1. The molecule has 106 valence electrons. The van der Waals surface area contributed by atoms with E-state index in [2.05, 4.69) is 9.89 Å². The number of ether oxygens (including phenoxy) is 1. The number of carbonyl (C=O) groups excluding carboxylic acids is 1. The minimum absolute atomic E-state index is 0.135. The van der Waals surface area contributed by atoms with Gasteiger partial charge in [0.1, 0.15) is 0 Å². The molecule has 0 radical (unpaired) electrons. The van der Waals surface area contributed by atoms with Crippen molar-refractivity contribution in [2.75, 3.05) is 45.9 Å². The van der Waals surface area contributed by atoms with Gasteiger partial charge in [-0.3, -0.25) is 0 Å². The first-order valence-electron chi connectivity index (χ1n) is 7.44. The van der Waals surface area contributed by atoms with Gasteiger partial charge in [0.2, 0.25) is 0 Å². The molecule has 1 spiro atoms. The second-order valence-electron chi connectivity index (χ2n) is 6.04. The molecule has 3 fully saturated rings. The lowest BCUT2D eigenvalue weighted by Gasteiger charge is -2.46. The maximum absolute atomic E-state index is 11.6. The van der Waals surface area contributed by atoms with Gasteiger partial charge in [0.05, 0.1) is 19.7 Å². The third-order valence-corrected chi connectivity index (χ3v) is 4.67. The molecule has 1 N–H and O–H groups in total. The lowest BCUT2D eigenvalue weighted by atomic mass is 9.78.